The molecule has 1 aromatic rings. The van der Waals surface area contributed by atoms with Crippen LogP contribution in [0.1, 0.15) is 26.7 Å². The van der Waals surface area contributed by atoms with Gasteiger partial charge in [0.25, 0.3) is 0 Å². The van der Waals surface area contributed by atoms with Gasteiger partial charge < -0.3 is 4.74 Å². The normalized spacial score (nSPS) is 11.6. The summed E-state index contributed by atoms with van der Waals surface area (Å²) in [5, 5.41) is 0.912. The van der Waals surface area contributed by atoms with Crippen LogP contribution in [0, 0.1) is 11.2 Å². The first-order chi connectivity index (χ1) is 8.06. The van der Waals surface area contributed by atoms with Crippen LogP contribution in [0.4, 0.5) is 4.39 Å². The van der Waals surface area contributed by atoms with Crippen molar-refractivity contribution in [2.24, 2.45) is 5.41 Å². The number of ether oxygens (including phenoxy) is 1. The molecule has 4 heteroatoms. The molecule has 0 atom stereocenters. The van der Waals surface area contributed by atoms with Crippen molar-refractivity contribution >= 4 is 31.9 Å². The van der Waals surface area contributed by atoms with Gasteiger partial charge >= 0.3 is 0 Å². The first-order valence-corrected chi connectivity index (χ1v) is 7.62. The SMILES string of the molecule is CCC(CC)(CBr)COc1ccc(F)c(Br)c1. The average molecular weight is 368 g/mol. The lowest BCUT2D eigenvalue weighted by Crippen LogP contribution is -2.29. The number of hydrogen-bond acceptors (Lipinski definition) is 1. The Morgan fingerprint density at radius 2 is 1.94 bits per heavy atom. The van der Waals surface area contributed by atoms with Gasteiger partial charge in [-0.15, -0.1) is 0 Å². The quantitative estimate of drug-likeness (QED) is 0.630. The van der Waals surface area contributed by atoms with E-state index in [0.29, 0.717) is 16.8 Å². The van der Waals surface area contributed by atoms with E-state index in [-0.39, 0.29) is 11.2 Å². The van der Waals surface area contributed by atoms with Gasteiger partial charge in [-0.2, -0.15) is 0 Å². The van der Waals surface area contributed by atoms with Gasteiger partial charge in [0.05, 0.1) is 11.1 Å². The molecule has 0 bridgehead atoms. The van der Waals surface area contributed by atoms with Crippen molar-refractivity contribution < 1.29 is 9.13 Å². The van der Waals surface area contributed by atoms with Gasteiger partial charge in [0.15, 0.2) is 0 Å². The van der Waals surface area contributed by atoms with Crippen molar-refractivity contribution in [2.75, 3.05) is 11.9 Å². The van der Waals surface area contributed by atoms with Crippen molar-refractivity contribution in [2.45, 2.75) is 26.7 Å². The van der Waals surface area contributed by atoms with Crippen LogP contribution in [-0.2, 0) is 0 Å². The number of hydrogen-bond donors (Lipinski definition) is 0. The Bertz CT molecular complexity index is 356. The molecule has 96 valence electrons. The Morgan fingerprint density at radius 3 is 2.41 bits per heavy atom. The lowest BCUT2D eigenvalue weighted by Gasteiger charge is -2.29. The van der Waals surface area contributed by atoms with Crippen molar-refractivity contribution in [3.8, 4) is 5.75 Å². The third kappa shape index (κ3) is 3.95. The largest absolute Gasteiger partial charge is 0.493 e. The minimum atomic E-state index is -0.268. The second kappa shape index (κ2) is 6.74. The number of halogens is 3. The van der Waals surface area contributed by atoms with Gasteiger partial charge in [-0.3, -0.25) is 0 Å². The van der Waals surface area contributed by atoms with Gasteiger partial charge in [-0.05, 0) is 47.0 Å². The smallest absolute Gasteiger partial charge is 0.137 e. The molecule has 0 aliphatic rings. The molecular formula is C13H17Br2FO. The van der Waals surface area contributed by atoms with E-state index in [2.05, 4.69) is 45.7 Å². The van der Waals surface area contributed by atoms with Gasteiger partial charge in [-0.1, -0.05) is 29.8 Å². The lowest BCUT2D eigenvalue weighted by molar-refractivity contribution is 0.157. The fourth-order valence-corrected chi connectivity index (χ4v) is 2.80. The summed E-state index contributed by atoms with van der Waals surface area (Å²) >= 11 is 6.70. The van der Waals surface area contributed by atoms with Crippen molar-refractivity contribution in [1.29, 1.82) is 0 Å². The molecule has 0 unspecified atom stereocenters. The summed E-state index contributed by atoms with van der Waals surface area (Å²) in [5.41, 5.74) is 0.154. The summed E-state index contributed by atoms with van der Waals surface area (Å²) in [7, 11) is 0. The molecular weight excluding hydrogens is 351 g/mol. The molecule has 0 fully saturated rings. The Balaban J connectivity index is 2.68. The third-order valence-corrected chi connectivity index (χ3v) is 5.02. The highest BCUT2D eigenvalue weighted by Gasteiger charge is 2.25. The highest BCUT2D eigenvalue weighted by atomic mass is 79.9. The zero-order valence-electron chi connectivity index (χ0n) is 10.1. The van der Waals surface area contributed by atoms with Crippen molar-refractivity contribution in [3.05, 3.63) is 28.5 Å². The van der Waals surface area contributed by atoms with E-state index in [1.54, 1.807) is 12.1 Å². The minimum Gasteiger partial charge on any atom is -0.493 e. The summed E-state index contributed by atoms with van der Waals surface area (Å²) in [5.74, 6) is 0.431. The molecule has 0 heterocycles. The molecule has 0 N–H and O–H groups in total. The molecule has 1 rings (SSSR count). The molecule has 0 saturated heterocycles. The second-order valence-electron chi connectivity index (χ2n) is 4.21. The zero-order chi connectivity index (χ0) is 12.9. The lowest BCUT2D eigenvalue weighted by atomic mass is 9.86. The van der Waals surface area contributed by atoms with E-state index in [1.807, 2.05) is 0 Å². The Kier molecular flexibility index (Phi) is 5.93. The monoisotopic (exact) mass is 366 g/mol. The Labute approximate surface area is 119 Å². The predicted molar refractivity (Wildman–Crippen MR) is 76.4 cm³/mol. The zero-order valence-corrected chi connectivity index (χ0v) is 13.3. The van der Waals surface area contributed by atoms with E-state index in [9.17, 15) is 4.39 Å². The maximum atomic E-state index is 13.1. The van der Waals surface area contributed by atoms with Crippen LogP contribution in [0.15, 0.2) is 22.7 Å². The van der Waals surface area contributed by atoms with Gasteiger partial charge in [0.2, 0.25) is 0 Å². The van der Waals surface area contributed by atoms with Crippen LogP contribution < -0.4 is 4.74 Å². The third-order valence-electron chi connectivity index (χ3n) is 3.22. The van der Waals surface area contributed by atoms with E-state index in [0.717, 1.165) is 18.2 Å². The molecule has 0 aliphatic carbocycles. The molecule has 0 saturated carbocycles. The van der Waals surface area contributed by atoms with E-state index < -0.39 is 0 Å². The molecule has 1 aromatic carbocycles. The maximum absolute atomic E-state index is 13.1. The molecule has 0 radical (unpaired) electrons. The van der Waals surface area contributed by atoms with Gasteiger partial charge in [0, 0.05) is 10.7 Å². The van der Waals surface area contributed by atoms with Crippen LogP contribution in [0.3, 0.4) is 0 Å². The maximum Gasteiger partial charge on any atom is 0.137 e. The van der Waals surface area contributed by atoms with Crippen molar-refractivity contribution in [1.82, 2.24) is 0 Å². The van der Waals surface area contributed by atoms with E-state index in [1.165, 1.54) is 6.07 Å². The number of alkyl halides is 1. The number of rotatable bonds is 6. The van der Waals surface area contributed by atoms with Gasteiger partial charge in [-0.25, -0.2) is 4.39 Å². The Morgan fingerprint density at radius 1 is 1.29 bits per heavy atom. The first kappa shape index (κ1) is 15.0. The molecule has 0 spiro atoms. The van der Waals surface area contributed by atoms with Crippen molar-refractivity contribution in [3.63, 3.8) is 0 Å². The topological polar surface area (TPSA) is 9.23 Å². The fraction of sp³-hybridized carbons (Fsp3) is 0.538. The highest BCUT2D eigenvalue weighted by Crippen LogP contribution is 2.30. The summed E-state index contributed by atoms with van der Waals surface area (Å²) in [6.07, 6.45) is 2.11. The molecule has 0 aromatic heterocycles. The first-order valence-electron chi connectivity index (χ1n) is 5.70. The Hall–Kier alpha value is -0.0900. The fourth-order valence-electron chi connectivity index (χ4n) is 1.48. The van der Waals surface area contributed by atoms with Crippen LogP contribution in [-0.4, -0.2) is 11.9 Å². The average Bonchev–Trinajstić information content (AvgIpc) is 2.36. The predicted octanol–water partition coefficient (Wildman–Crippen LogP) is 5.17. The summed E-state index contributed by atoms with van der Waals surface area (Å²) < 4.78 is 19.3. The van der Waals surface area contributed by atoms with E-state index >= 15 is 0 Å². The van der Waals surface area contributed by atoms with Gasteiger partial charge in [0.1, 0.15) is 11.6 Å². The highest BCUT2D eigenvalue weighted by molar-refractivity contribution is 9.10. The molecule has 17 heavy (non-hydrogen) atoms. The number of benzene rings is 1. The summed E-state index contributed by atoms with van der Waals surface area (Å²) in [4.78, 5) is 0. The second-order valence-corrected chi connectivity index (χ2v) is 5.62. The van der Waals surface area contributed by atoms with E-state index in [4.69, 9.17) is 4.74 Å². The van der Waals surface area contributed by atoms with Crippen LogP contribution >= 0.6 is 31.9 Å². The van der Waals surface area contributed by atoms with Crippen LogP contribution in [0.2, 0.25) is 0 Å². The van der Waals surface area contributed by atoms with Crippen LogP contribution in [0.25, 0.3) is 0 Å². The van der Waals surface area contributed by atoms with Crippen LogP contribution in [0.5, 0.6) is 5.75 Å². The summed E-state index contributed by atoms with van der Waals surface area (Å²) in [6, 6.07) is 4.73. The summed E-state index contributed by atoms with van der Waals surface area (Å²) in [6.45, 7) is 4.96. The standard InChI is InChI=1S/C13H17Br2FO/c1-3-13(4-2,8-14)9-17-10-5-6-12(16)11(15)7-10/h5-7H,3-4,8-9H2,1-2H3. The molecule has 1 nitrogen and oxygen atoms in total. The molecule has 0 amide bonds. The minimum absolute atomic E-state index is 0.154. The molecule has 0 aliphatic heterocycles.